The summed E-state index contributed by atoms with van der Waals surface area (Å²) >= 11 is 0. The molecule has 1 aliphatic heterocycles. The quantitative estimate of drug-likeness (QED) is 0.571. The summed E-state index contributed by atoms with van der Waals surface area (Å²) in [6.45, 7) is 2.93. The van der Waals surface area contributed by atoms with E-state index in [1.807, 2.05) is 6.92 Å². The van der Waals surface area contributed by atoms with Gasteiger partial charge in [-0.1, -0.05) is 0 Å². The van der Waals surface area contributed by atoms with Crippen LogP contribution in [-0.4, -0.2) is 16.3 Å². The maximum Gasteiger partial charge on any atom is 0.193 e. The van der Waals surface area contributed by atoms with Crippen LogP contribution in [0.1, 0.15) is 27.6 Å². The summed E-state index contributed by atoms with van der Waals surface area (Å²) in [6, 6.07) is 0. The fourth-order valence-corrected chi connectivity index (χ4v) is 1.29. The number of aldehydes is 1. The molecule has 2 rings (SSSR count). The molecule has 1 aliphatic rings. The summed E-state index contributed by atoms with van der Waals surface area (Å²) in [7, 11) is 0. The first-order valence-electron chi connectivity index (χ1n) is 3.70. The number of rotatable bonds is 1. The highest BCUT2D eigenvalue weighted by molar-refractivity contribution is 5.69. The summed E-state index contributed by atoms with van der Waals surface area (Å²) in [6.07, 6.45) is 0.658. The van der Waals surface area contributed by atoms with Gasteiger partial charge in [-0.25, -0.2) is 9.97 Å². The number of fused-ring (bicyclic) bond motifs is 1. The molecule has 0 saturated carbocycles. The minimum Gasteiger partial charge on any atom is -0.370 e. The van der Waals surface area contributed by atoms with Crippen molar-refractivity contribution in [3.63, 3.8) is 0 Å². The van der Waals surface area contributed by atoms with Gasteiger partial charge in [-0.05, 0) is 6.92 Å². The van der Waals surface area contributed by atoms with Crippen LogP contribution in [0, 0.1) is 6.92 Å². The van der Waals surface area contributed by atoms with E-state index in [1.54, 1.807) is 0 Å². The third-order valence-corrected chi connectivity index (χ3v) is 1.91. The van der Waals surface area contributed by atoms with Crippen molar-refractivity contribution in [2.45, 2.75) is 20.1 Å². The molecule has 62 valence electrons. The number of hydrogen-bond donors (Lipinski definition) is 0. The Balaban J connectivity index is 2.58. The third kappa shape index (κ3) is 1.00. The highest BCUT2D eigenvalue weighted by atomic mass is 16.5. The fraction of sp³-hybridized carbons (Fsp3) is 0.375. The highest BCUT2D eigenvalue weighted by Gasteiger charge is 2.16. The minimum absolute atomic E-state index is 0.247. The second kappa shape index (κ2) is 2.64. The van der Waals surface area contributed by atoms with E-state index in [-0.39, 0.29) is 5.82 Å². The average molecular weight is 164 g/mol. The van der Waals surface area contributed by atoms with Gasteiger partial charge in [-0.3, -0.25) is 4.79 Å². The van der Waals surface area contributed by atoms with Crippen LogP contribution in [0.15, 0.2) is 0 Å². The zero-order valence-corrected chi connectivity index (χ0v) is 6.70. The maximum atomic E-state index is 10.4. The van der Waals surface area contributed by atoms with Crippen LogP contribution < -0.4 is 0 Å². The number of carbonyl (C=O) groups excluding carboxylic acids is 1. The van der Waals surface area contributed by atoms with Crippen LogP contribution in [0.5, 0.6) is 0 Å². The Bertz CT molecular complexity index is 336. The molecular weight excluding hydrogens is 156 g/mol. The van der Waals surface area contributed by atoms with Crippen molar-refractivity contribution < 1.29 is 9.53 Å². The van der Waals surface area contributed by atoms with Gasteiger partial charge < -0.3 is 4.74 Å². The SMILES string of the molecule is Cc1nc(C=O)nc2c1COC2. The van der Waals surface area contributed by atoms with Crippen molar-refractivity contribution in [3.8, 4) is 0 Å². The van der Waals surface area contributed by atoms with Gasteiger partial charge in [0.1, 0.15) is 0 Å². The third-order valence-electron chi connectivity index (χ3n) is 1.91. The molecule has 0 saturated heterocycles. The van der Waals surface area contributed by atoms with Crippen molar-refractivity contribution in [1.29, 1.82) is 0 Å². The van der Waals surface area contributed by atoms with Crippen LogP contribution in [0.25, 0.3) is 0 Å². The fourth-order valence-electron chi connectivity index (χ4n) is 1.29. The lowest BCUT2D eigenvalue weighted by atomic mass is 10.2. The van der Waals surface area contributed by atoms with E-state index in [0.29, 0.717) is 19.5 Å². The van der Waals surface area contributed by atoms with Gasteiger partial charge in [-0.2, -0.15) is 0 Å². The molecule has 4 heteroatoms. The molecule has 0 bridgehead atoms. The highest BCUT2D eigenvalue weighted by Crippen LogP contribution is 2.19. The smallest absolute Gasteiger partial charge is 0.193 e. The van der Waals surface area contributed by atoms with Gasteiger partial charge in [-0.15, -0.1) is 0 Å². The summed E-state index contributed by atoms with van der Waals surface area (Å²) in [4.78, 5) is 18.4. The van der Waals surface area contributed by atoms with E-state index in [4.69, 9.17) is 4.74 Å². The van der Waals surface area contributed by atoms with Crippen LogP contribution >= 0.6 is 0 Å². The van der Waals surface area contributed by atoms with Gasteiger partial charge in [0.2, 0.25) is 0 Å². The van der Waals surface area contributed by atoms with E-state index in [2.05, 4.69) is 9.97 Å². The lowest BCUT2D eigenvalue weighted by Crippen LogP contribution is -2.01. The first-order valence-corrected chi connectivity index (χ1v) is 3.70. The molecule has 0 aliphatic carbocycles. The number of aromatic nitrogens is 2. The number of ether oxygens (including phenoxy) is 1. The van der Waals surface area contributed by atoms with E-state index < -0.39 is 0 Å². The molecular formula is C8H8N2O2. The monoisotopic (exact) mass is 164 g/mol. The number of aryl methyl sites for hydroxylation is 1. The summed E-state index contributed by atoms with van der Waals surface area (Å²) in [5.74, 6) is 0.247. The Kier molecular flexibility index (Phi) is 1.62. The Morgan fingerprint density at radius 1 is 1.42 bits per heavy atom. The van der Waals surface area contributed by atoms with E-state index in [1.165, 1.54) is 0 Å². The van der Waals surface area contributed by atoms with Crippen molar-refractivity contribution in [2.24, 2.45) is 0 Å². The molecule has 0 amide bonds. The first-order chi connectivity index (χ1) is 5.81. The zero-order chi connectivity index (χ0) is 8.55. The zero-order valence-electron chi connectivity index (χ0n) is 6.70. The molecule has 0 N–H and O–H groups in total. The van der Waals surface area contributed by atoms with Crippen molar-refractivity contribution >= 4 is 6.29 Å². The van der Waals surface area contributed by atoms with Crippen LogP contribution in [0.3, 0.4) is 0 Å². The number of nitrogens with zero attached hydrogens (tertiary/aromatic N) is 2. The second-order valence-electron chi connectivity index (χ2n) is 2.70. The molecule has 0 spiro atoms. The van der Waals surface area contributed by atoms with Crippen LogP contribution in [0.2, 0.25) is 0 Å². The van der Waals surface area contributed by atoms with E-state index in [0.717, 1.165) is 17.0 Å². The Hall–Kier alpha value is -1.29. The lowest BCUT2D eigenvalue weighted by Gasteiger charge is -1.99. The Labute approximate surface area is 69.6 Å². The molecule has 1 aromatic heterocycles. The van der Waals surface area contributed by atoms with E-state index >= 15 is 0 Å². The molecule has 4 nitrogen and oxygen atoms in total. The summed E-state index contributed by atoms with van der Waals surface area (Å²) < 4.78 is 5.18. The van der Waals surface area contributed by atoms with E-state index in [9.17, 15) is 4.79 Å². The van der Waals surface area contributed by atoms with Crippen molar-refractivity contribution in [3.05, 3.63) is 22.8 Å². The lowest BCUT2D eigenvalue weighted by molar-refractivity contribution is 0.111. The number of carbonyl (C=O) groups is 1. The van der Waals surface area contributed by atoms with Crippen molar-refractivity contribution in [2.75, 3.05) is 0 Å². The summed E-state index contributed by atoms with van der Waals surface area (Å²) in [5.41, 5.74) is 2.73. The normalized spacial score (nSPS) is 14.4. The summed E-state index contributed by atoms with van der Waals surface area (Å²) in [5, 5.41) is 0. The van der Waals surface area contributed by atoms with Crippen molar-refractivity contribution in [1.82, 2.24) is 9.97 Å². The minimum atomic E-state index is 0.247. The molecule has 0 aromatic carbocycles. The number of hydrogen-bond acceptors (Lipinski definition) is 4. The van der Waals surface area contributed by atoms with Gasteiger partial charge in [0, 0.05) is 11.3 Å². The predicted octanol–water partition coefficient (Wildman–Crippen LogP) is 0.628. The maximum absolute atomic E-state index is 10.4. The second-order valence-corrected chi connectivity index (χ2v) is 2.70. The molecule has 0 unspecified atom stereocenters. The molecule has 0 atom stereocenters. The van der Waals surface area contributed by atoms with Gasteiger partial charge in [0.15, 0.2) is 12.1 Å². The molecule has 0 radical (unpaired) electrons. The molecule has 0 fully saturated rings. The van der Waals surface area contributed by atoms with Gasteiger partial charge in [0.25, 0.3) is 0 Å². The Morgan fingerprint density at radius 2 is 2.25 bits per heavy atom. The Morgan fingerprint density at radius 3 is 3.00 bits per heavy atom. The average Bonchev–Trinajstić information content (AvgIpc) is 2.52. The molecule has 1 aromatic rings. The van der Waals surface area contributed by atoms with Gasteiger partial charge in [0.05, 0.1) is 18.9 Å². The molecule has 12 heavy (non-hydrogen) atoms. The topological polar surface area (TPSA) is 52.1 Å². The predicted molar refractivity (Wildman–Crippen MR) is 40.6 cm³/mol. The largest absolute Gasteiger partial charge is 0.370 e. The van der Waals surface area contributed by atoms with Gasteiger partial charge >= 0.3 is 0 Å². The first kappa shape index (κ1) is 7.36. The molecule has 2 heterocycles. The van der Waals surface area contributed by atoms with Crippen LogP contribution in [-0.2, 0) is 18.0 Å². The van der Waals surface area contributed by atoms with Crippen LogP contribution in [0.4, 0.5) is 0 Å². The standard InChI is InChI=1S/C8H8N2O2/c1-5-6-3-12-4-7(6)10-8(2-11)9-5/h2H,3-4H2,1H3.